The Morgan fingerprint density at radius 1 is 1.33 bits per heavy atom. The molecule has 1 rings (SSSR count). The average Bonchev–Trinajstić information content (AvgIpc) is 2.08. The Bertz CT molecular complexity index is 270. The van der Waals surface area contributed by atoms with Gasteiger partial charge in [-0.1, -0.05) is 42.3 Å². The van der Waals surface area contributed by atoms with Crippen molar-refractivity contribution in [1.29, 1.82) is 0 Å². The molecule has 1 unspecified atom stereocenters. The maximum Gasteiger partial charge on any atom is 0.0639 e. The largest absolute Gasteiger partial charge is 0.118 e. The van der Waals surface area contributed by atoms with Crippen molar-refractivity contribution in [1.82, 2.24) is 0 Å². The van der Waals surface area contributed by atoms with Crippen LogP contribution in [0.1, 0.15) is 24.3 Å². The van der Waals surface area contributed by atoms with E-state index in [2.05, 4.69) is 0 Å². The molecule has 0 fully saturated rings. The Balaban J connectivity index is 3.07. The molecule has 0 aliphatic rings. The van der Waals surface area contributed by atoms with Crippen molar-refractivity contribution in [3.63, 3.8) is 0 Å². The second kappa shape index (κ2) is 4.36. The van der Waals surface area contributed by atoms with Crippen LogP contribution >= 0.6 is 34.8 Å². The van der Waals surface area contributed by atoms with Gasteiger partial charge in [0.05, 0.1) is 15.4 Å². The van der Waals surface area contributed by atoms with Crippen LogP contribution in [0.3, 0.4) is 0 Å². The summed E-state index contributed by atoms with van der Waals surface area (Å²) >= 11 is 17.8. The first-order chi connectivity index (χ1) is 5.66. The summed E-state index contributed by atoms with van der Waals surface area (Å²) in [5, 5.41) is 1.09. The molecular weight excluding hydrogens is 214 g/mol. The van der Waals surface area contributed by atoms with E-state index < -0.39 is 0 Å². The monoisotopic (exact) mass is 222 g/mol. The Morgan fingerprint density at radius 2 is 2.00 bits per heavy atom. The van der Waals surface area contributed by atoms with E-state index in [9.17, 15) is 0 Å². The molecule has 0 N–H and O–H groups in total. The van der Waals surface area contributed by atoms with Crippen LogP contribution in [0.2, 0.25) is 10.0 Å². The summed E-state index contributed by atoms with van der Waals surface area (Å²) in [6.07, 6.45) is 0.849. The SMILES string of the molecule is CCC(Cl)c1cccc(Cl)c1Cl. The fraction of sp³-hybridized carbons (Fsp3) is 0.333. The lowest BCUT2D eigenvalue weighted by atomic mass is 10.1. The molecule has 12 heavy (non-hydrogen) atoms. The normalized spacial score (nSPS) is 13.0. The number of alkyl halides is 1. The van der Waals surface area contributed by atoms with Crippen LogP contribution in [-0.4, -0.2) is 0 Å². The number of hydrogen-bond acceptors (Lipinski definition) is 0. The van der Waals surface area contributed by atoms with Crippen molar-refractivity contribution in [2.45, 2.75) is 18.7 Å². The number of hydrogen-bond donors (Lipinski definition) is 0. The van der Waals surface area contributed by atoms with Gasteiger partial charge in [-0.2, -0.15) is 0 Å². The molecule has 1 atom stereocenters. The zero-order valence-electron chi connectivity index (χ0n) is 6.65. The van der Waals surface area contributed by atoms with E-state index in [1.54, 1.807) is 6.07 Å². The predicted octanol–water partition coefficient (Wildman–Crippen LogP) is 4.68. The summed E-state index contributed by atoms with van der Waals surface area (Å²) in [6, 6.07) is 5.51. The molecule has 1 aromatic rings. The quantitative estimate of drug-likeness (QED) is 0.639. The molecule has 1 aromatic carbocycles. The van der Waals surface area contributed by atoms with Crippen molar-refractivity contribution < 1.29 is 0 Å². The van der Waals surface area contributed by atoms with Crippen LogP contribution in [0, 0.1) is 0 Å². The van der Waals surface area contributed by atoms with Gasteiger partial charge in [-0.3, -0.25) is 0 Å². The molecule has 0 heterocycles. The maximum atomic E-state index is 6.02. The molecule has 0 amide bonds. The van der Waals surface area contributed by atoms with Crippen LogP contribution in [0.5, 0.6) is 0 Å². The third-order valence-corrected chi connectivity index (χ3v) is 3.05. The lowest BCUT2D eigenvalue weighted by Crippen LogP contribution is -1.89. The van der Waals surface area contributed by atoms with Crippen LogP contribution in [-0.2, 0) is 0 Å². The van der Waals surface area contributed by atoms with Gasteiger partial charge in [0.2, 0.25) is 0 Å². The minimum Gasteiger partial charge on any atom is -0.118 e. The minimum absolute atomic E-state index is 0.0452. The van der Waals surface area contributed by atoms with Gasteiger partial charge in [-0.25, -0.2) is 0 Å². The van der Waals surface area contributed by atoms with Crippen molar-refractivity contribution >= 4 is 34.8 Å². The summed E-state index contributed by atoms with van der Waals surface area (Å²) in [7, 11) is 0. The Hall–Kier alpha value is 0.0900. The van der Waals surface area contributed by atoms with Gasteiger partial charge in [0.15, 0.2) is 0 Å². The summed E-state index contributed by atoms with van der Waals surface area (Å²) < 4.78 is 0. The highest BCUT2D eigenvalue weighted by molar-refractivity contribution is 6.43. The van der Waals surface area contributed by atoms with Crippen molar-refractivity contribution in [3.8, 4) is 0 Å². The van der Waals surface area contributed by atoms with Crippen molar-refractivity contribution in [2.75, 3.05) is 0 Å². The summed E-state index contributed by atoms with van der Waals surface area (Å²) in [6.45, 7) is 2.01. The first-order valence-electron chi connectivity index (χ1n) is 3.74. The molecule has 0 saturated carbocycles. The van der Waals surface area contributed by atoms with Crippen molar-refractivity contribution in [3.05, 3.63) is 33.8 Å². The van der Waals surface area contributed by atoms with Crippen LogP contribution < -0.4 is 0 Å². The predicted molar refractivity (Wildman–Crippen MR) is 55.3 cm³/mol. The molecule has 0 saturated heterocycles. The zero-order valence-corrected chi connectivity index (χ0v) is 8.92. The molecule has 0 bridgehead atoms. The van der Waals surface area contributed by atoms with Gasteiger partial charge >= 0.3 is 0 Å². The van der Waals surface area contributed by atoms with Crippen LogP contribution in [0.4, 0.5) is 0 Å². The number of rotatable bonds is 2. The van der Waals surface area contributed by atoms with Gasteiger partial charge in [0, 0.05) is 0 Å². The third-order valence-electron chi connectivity index (χ3n) is 1.68. The standard InChI is InChI=1S/C9H9Cl3/c1-2-7(10)6-4-3-5-8(11)9(6)12/h3-5,7H,2H2,1H3. The number of halogens is 3. The smallest absolute Gasteiger partial charge is 0.0639 e. The van der Waals surface area contributed by atoms with E-state index in [4.69, 9.17) is 34.8 Å². The summed E-state index contributed by atoms with van der Waals surface area (Å²) in [4.78, 5) is 0. The molecule has 0 aromatic heterocycles. The highest BCUT2D eigenvalue weighted by Gasteiger charge is 2.10. The zero-order chi connectivity index (χ0) is 9.14. The lowest BCUT2D eigenvalue weighted by molar-refractivity contribution is 0.884. The molecular formula is C9H9Cl3. The van der Waals surface area contributed by atoms with E-state index >= 15 is 0 Å². The number of benzene rings is 1. The minimum atomic E-state index is -0.0452. The van der Waals surface area contributed by atoms with E-state index in [-0.39, 0.29) is 5.38 Å². The van der Waals surface area contributed by atoms with E-state index in [1.165, 1.54) is 0 Å². The third kappa shape index (κ3) is 2.07. The van der Waals surface area contributed by atoms with Gasteiger partial charge in [-0.05, 0) is 18.1 Å². The highest BCUT2D eigenvalue weighted by Crippen LogP contribution is 2.34. The Morgan fingerprint density at radius 3 is 2.58 bits per heavy atom. The van der Waals surface area contributed by atoms with E-state index in [0.717, 1.165) is 12.0 Å². The Labute approximate surface area is 87.4 Å². The van der Waals surface area contributed by atoms with Crippen LogP contribution in [0.25, 0.3) is 0 Å². The summed E-state index contributed by atoms with van der Waals surface area (Å²) in [5.41, 5.74) is 0.910. The first kappa shape index (κ1) is 10.2. The van der Waals surface area contributed by atoms with E-state index in [1.807, 2.05) is 19.1 Å². The van der Waals surface area contributed by atoms with Gasteiger partial charge in [0.25, 0.3) is 0 Å². The molecule has 0 radical (unpaired) electrons. The molecule has 0 aliphatic heterocycles. The first-order valence-corrected chi connectivity index (χ1v) is 4.94. The average molecular weight is 224 g/mol. The van der Waals surface area contributed by atoms with Gasteiger partial charge in [0.1, 0.15) is 0 Å². The molecule has 0 aliphatic carbocycles. The van der Waals surface area contributed by atoms with Crippen LogP contribution in [0.15, 0.2) is 18.2 Å². The Kier molecular flexibility index (Phi) is 3.70. The van der Waals surface area contributed by atoms with Gasteiger partial charge < -0.3 is 0 Å². The maximum absolute atomic E-state index is 6.02. The fourth-order valence-electron chi connectivity index (χ4n) is 0.982. The van der Waals surface area contributed by atoms with Gasteiger partial charge in [-0.15, -0.1) is 11.6 Å². The molecule has 3 heteroatoms. The topological polar surface area (TPSA) is 0 Å². The van der Waals surface area contributed by atoms with E-state index in [0.29, 0.717) is 10.0 Å². The highest BCUT2D eigenvalue weighted by atomic mass is 35.5. The fourth-order valence-corrected chi connectivity index (χ4v) is 1.66. The molecule has 0 nitrogen and oxygen atoms in total. The lowest BCUT2D eigenvalue weighted by Gasteiger charge is -2.09. The summed E-state index contributed by atoms with van der Waals surface area (Å²) in [5.74, 6) is 0. The second-order valence-electron chi connectivity index (χ2n) is 2.52. The van der Waals surface area contributed by atoms with Crippen molar-refractivity contribution in [2.24, 2.45) is 0 Å². The molecule has 0 spiro atoms. The molecule has 66 valence electrons. The second-order valence-corrected chi connectivity index (χ2v) is 3.83.